The number of rotatable bonds is 8. The minimum absolute atomic E-state index is 0.0375. The van der Waals surface area contributed by atoms with E-state index in [-0.39, 0.29) is 17.4 Å². The SMILES string of the molecule is COCC(F)(F)c1cccc([C@@H](C)Nc2nnc(C)c3nc(C)c(N4CCN(C(=O)C5COC5)CC4)cc23)c1F. The van der Waals surface area contributed by atoms with Crippen molar-refractivity contribution in [3.63, 3.8) is 0 Å². The monoisotopic (exact) mass is 558 g/mol. The molecule has 9 nitrogen and oxygen atoms in total. The second-order valence-corrected chi connectivity index (χ2v) is 10.4. The van der Waals surface area contributed by atoms with Gasteiger partial charge in [-0.25, -0.2) is 9.37 Å². The summed E-state index contributed by atoms with van der Waals surface area (Å²) in [6, 6.07) is 5.21. The maximum Gasteiger partial charge on any atom is 0.298 e. The number of anilines is 2. The Balaban J connectivity index is 1.41. The van der Waals surface area contributed by atoms with Crippen molar-refractivity contribution in [2.24, 2.45) is 5.92 Å². The van der Waals surface area contributed by atoms with Crippen LogP contribution in [0.5, 0.6) is 0 Å². The summed E-state index contributed by atoms with van der Waals surface area (Å²) < 4.78 is 54.0. The predicted octanol–water partition coefficient (Wildman–Crippen LogP) is 3.99. The molecule has 5 rings (SSSR count). The molecule has 2 aliphatic heterocycles. The number of carbonyl (C=O) groups is 1. The Hall–Kier alpha value is -3.51. The molecule has 2 fully saturated rings. The first kappa shape index (κ1) is 28.0. The highest BCUT2D eigenvalue weighted by atomic mass is 19.3. The summed E-state index contributed by atoms with van der Waals surface area (Å²) >= 11 is 0. The quantitative estimate of drug-likeness (QED) is 0.444. The van der Waals surface area contributed by atoms with Crippen LogP contribution in [0.3, 0.4) is 0 Å². The molecular formula is C28H33F3N6O3. The number of hydrogen-bond donors (Lipinski definition) is 1. The molecule has 0 radical (unpaired) electrons. The van der Waals surface area contributed by atoms with Crippen molar-refractivity contribution in [3.8, 4) is 0 Å². The number of methoxy groups -OCH3 is 1. The number of alkyl halides is 2. The first-order valence-corrected chi connectivity index (χ1v) is 13.3. The Morgan fingerprint density at radius 1 is 1.18 bits per heavy atom. The van der Waals surface area contributed by atoms with Gasteiger partial charge < -0.3 is 24.6 Å². The fourth-order valence-electron chi connectivity index (χ4n) is 5.22. The lowest BCUT2D eigenvalue weighted by Crippen LogP contribution is -2.53. The van der Waals surface area contributed by atoms with Crippen molar-refractivity contribution >= 4 is 28.3 Å². The number of nitrogens with zero attached hydrogens (tertiary/aromatic N) is 5. The van der Waals surface area contributed by atoms with Crippen LogP contribution in [-0.2, 0) is 20.2 Å². The highest BCUT2D eigenvalue weighted by Gasteiger charge is 2.36. The third-order valence-corrected chi connectivity index (χ3v) is 7.57. The van der Waals surface area contributed by atoms with Crippen molar-refractivity contribution < 1.29 is 27.4 Å². The van der Waals surface area contributed by atoms with Gasteiger partial charge in [-0.1, -0.05) is 12.1 Å². The second-order valence-electron chi connectivity index (χ2n) is 10.4. The topological polar surface area (TPSA) is 92.7 Å². The van der Waals surface area contributed by atoms with Gasteiger partial charge >= 0.3 is 0 Å². The molecule has 2 aliphatic rings. The number of benzene rings is 1. The summed E-state index contributed by atoms with van der Waals surface area (Å²) in [4.78, 5) is 21.5. The van der Waals surface area contributed by atoms with Crippen LogP contribution in [0.1, 0.15) is 35.5 Å². The molecular weight excluding hydrogens is 525 g/mol. The Morgan fingerprint density at radius 3 is 2.55 bits per heavy atom. The molecule has 3 aromatic rings. The summed E-state index contributed by atoms with van der Waals surface area (Å²) in [7, 11) is 1.15. The summed E-state index contributed by atoms with van der Waals surface area (Å²) in [5.74, 6) is -3.99. The fourth-order valence-corrected chi connectivity index (χ4v) is 5.22. The van der Waals surface area contributed by atoms with Gasteiger partial charge in [0, 0.05) is 44.2 Å². The van der Waals surface area contributed by atoms with E-state index in [0.29, 0.717) is 61.8 Å². The predicted molar refractivity (Wildman–Crippen MR) is 144 cm³/mol. The Labute approximate surface area is 230 Å². The molecule has 12 heteroatoms. The van der Waals surface area contributed by atoms with E-state index in [9.17, 15) is 13.6 Å². The number of pyridine rings is 1. The normalized spacial score (nSPS) is 17.2. The molecule has 1 atom stereocenters. The number of amides is 1. The van der Waals surface area contributed by atoms with Crippen LogP contribution >= 0.6 is 0 Å². The number of fused-ring (bicyclic) bond motifs is 1. The molecule has 40 heavy (non-hydrogen) atoms. The molecule has 1 aromatic carbocycles. The fraction of sp³-hybridized carbons (Fsp3) is 0.500. The number of ether oxygens (including phenoxy) is 2. The smallest absolute Gasteiger partial charge is 0.298 e. The van der Waals surface area contributed by atoms with Crippen LogP contribution in [0.15, 0.2) is 24.3 Å². The third kappa shape index (κ3) is 5.29. The van der Waals surface area contributed by atoms with E-state index in [1.807, 2.05) is 24.8 Å². The number of halogens is 3. The number of hydrogen-bond acceptors (Lipinski definition) is 8. The van der Waals surface area contributed by atoms with E-state index in [1.165, 1.54) is 12.1 Å². The van der Waals surface area contributed by atoms with E-state index in [0.717, 1.165) is 24.6 Å². The van der Waals surface area contributed by atoms with Crippen LogP contribution in [0, 0.1) is 25.6 Å². The van der Waals surface area contributed by atoms with E-state index in [1.54, 1.807) is 6.92 Å². The van der Waals surface area contributed by atoms with E-state index in [4.69, 9.17) is 9.72 Å². The van der Waals surface area contributed by atoms with Crippen LogP contribution in [0.25, 0.3) is 10.9 Å². The zero-order valence-corrected chi connectivity index (χ0v) is 23.0. The number of aromatic nitrogens is 3. The summed E-state index contributed by atoms with van der Waals surface area (Å²) in [5.41, 5.74) is 2.35. The number of aryl methyl sites for hydroxylation is 2. The average molecular weight is 559 g/mol. The lowest BCUT2D eigenvalue weighted by atomic mass is 10.00. The van der Waals surface area contributed by atoms with Gasteiger partial charge in [0.25, 0.3) is 5.92 Å². The molecule has 2 saturated heterocycles. The van der Waals surface area contributed by atoms with Gasteiger partial charge in [-0.05, 0) is 32.9 Å². The molecule has 0 unspecified atom stereocenters. The average Bonchev–Trinajstić information content (AvgIpc) is 2.89. The van der Waals surface area contributed by atoms with Crippen molar-refractivity contribution in [1.29, 1.82) is 0 Å². The summed E-state index contributed by atoms with van der Waals surface area (Å²) in [5, 5.41) is 12.4. The molecule has 0 aliphatic carbocycles. The second kappa shape index (κ2) is 11.2. The maximum absolute atomic E-state index is 15.3. The Kier molecular flexibility index (Phi) is 7.83. The Bertz CT molecular complexity index is 1410. The summed E-state index contributed by atoms with van der Waals surface area (Å²) in [6.07, 6.45) is 0. The first-order chi connectivity index (χ1) is 19.1. The lowest BCUT2D eigenvalue weighted by Gasteiger charge is -2.39. The van der Waals surface area contributed by atoms with Gasteiger partial charge in [0.05, 0.1) is 53.3 Å². The highest BCUT2D eigenvalue weighted by molar-refractivity contribution is 5.93. The molecule has 1 amide bonds. The highest BCUT2D eigenvalue weighted by Crippen LogP contribution is 2.35. The van der Waals surface area contributed by atoms with Crippen molar-refractivity contribution in [2.45, 2.75) is 32.7 Å². The van der Waals surface area contributed by atoms with Crippen molar-refractivity contribution in [1.82, 2.24) is 20.1 Å². The van der Waals surface area contributed by atoms with Crippen molar-refractivity contribution in [2.75, 3.05) is 63.3 Å². The standard InChI is InChI=1S/C28H33F3N6O3/c1-16(20-6-5-7-22(24(20)29)28(30,31)15-39-4)33-26-21-12-23(17(2)32-25(21)18(3)34-35-26)36-8-10-37(11-9-36)27(38)19-13-40-14-19/h5-7,12,16,19H,8-11,13-15H2,1-4H3,(H,33,35)/t16-/m1/s1. The van der Waals surface area contributed by atoms with Crippen LogP contribution in [0.2, 0.25) is 0 Å². The summed E-state index contributed by atoms with van der Waals surface area (Å²) in [6.45, 7) is 7.98. The minimum Gasteiger partial charge on any atom is -0.380 e. The number of piperazine rings is 1. The molecule has 0 spiro atoms. The van der Waals surface area contributed by atoms with Crippen LogP contribution in [0.4, 0.5) is 24.7 Å². The molecule has 0 bridgehead atoms. The van der Waals surface area contributed by atoms with E-state index in [2.05, 4.69) is 25.2 Å². The zero-order chi connectivity index (χ0) is 28.6. The van der Waals surface area contributed by atoms with Crippen LogP contribution < -0.4 is 10.2 Å². The molecule has 1 N–H and O–H groups in total. The van der Waals surface area contributed by atoms with Gasteiger partial charge in [0.2, 0.25) is 5.91 Å². The van der Waals surface area contributed by atoms with Gasteiger partial charge in [-0.2, -0.15) is 13.9 Å². The van der Waals surface area contributed by atoms with Gasteiger partial charge in [-0.15, -0.1) is 5.10 Å². The minimum atomic E-state index is -3.47. The van der Waals surface area contributed by atoms with Gasteiger partial charge in [-0.3, -0.25) is 4.79 Å². The molecule has 4 heterocycles. The number of carbonyl (C=O) groups excluding carboxylic acids is 1. The molecule has 2 aromatic heterocycles. The maximum atomic E-state index is 15.3. The Morgan fingerprint density at radius 2 is 1.90 bits per heavy atom. The lowest BCUT2D eigenvalue weighted by molar-refractivity contribution is -0.150. The van der Waals surface area contributed by atoms with Crippen molar-refractivity contribution in [3.05, 3.63) is 52.6 Å². The largest absolute Gasteiger partial charge is 0.380 e. The van der Waals surface area contributed by atoms with Crippen LogP contribution in [-0.4, -0.2) is 79.1 Å². The third-order valence-electron chi connectivity index (χ3n) is 7.57. The first-order valence-electron chi connectivity index (χ1n) is 13.3. The number of nitrogens with one attached hydrogen (secondary N) is 1. The zero-order valence-electron chi connectivity index (χ0n) is 23.0. The van der Waals surface area contributed by atoms with Gasteiger partial charge in [0.15, 0.2) is 5.82 Å². The molecule has 0 saturated carbocycles. The van der Waals surface area contributed by atoms with Gasteiger partial charge in [0.1, 0.15) is 12.4 Å². The van der Waals surface area contributed by atoms with E-state index >= 15 is 4.39 Å². The molecule has 214 valence electrons. The van der Waals surface area contributed by atoms with E-state index < -0.39 is 30.0 Å².